The van der Waals surface area contributed by atoms with Gasteiger partial charge in [0.15, 0.2) is 17.2 Å². The van der Waals surface area contributed by atoms with E-state index in [0.717, 1.165) is 0 Å². The first-order valence-electron chi connectivity index (χ1n) is 11.3. The van der Waals surface area contributed by atoms with Crippen molar-refractivity contribution in [3.63, 3.8) is 0 Å². The third kappa shape index (κ3) is 2.95. The lowest BCUT2D eigenvalue weighted by atomic mass is 9.54. The Kier molecular flexibility index (Phi) is 5.14. The molecule has 5 rings (SSSR count). The number of aliphatic hydroxyl groups is 4. The van der Waals surface area contributed by atoms with Crippen molar-refractivity contribution in [1.29, 1.82) is 0 Å². The van der Waals surface area contributed by atoms with Crippen molar-refractivity contribution in [2.45, 2.75) is 37.1 Å². The Hall–Kier alpha value is -3.53. The number of rotatable bonds is 2. The Labute approximate surface area is 200 Å². The zero-order chi connectivity index (χ0) is 25.4. The maximum atomic E-state index is 13.7. The number of phenols is 1. The molecule has 0 aliphatic heterocycles. The van der Waals surface area contributed by atoms with E-state index in [9.17, 15) is 39.9 Å². The van der Waals surface area contributed by atoms with Gasteiger partial charge in [0.05, 0.1) is 17.8 Å². The van der Waals surface area contributed by atoms with Crippen LogP contribution in [0.15, 0.2) is 53.8 Å². The second kappa shape index (κ2) is 7.74. The number of phenolic OH excluding ortho intramolecular Hbond substituents is 1. The highest BCUT2D eigenvalue weighted by Gasteiger charge is 2.66. The van der Waals surface area contributed by atoms with Crippen LogP contribution in [0.25, 0.3) is 11.1 Å². The highest BCUT2D eigenvalue weighted by atomic mass is 16.4. The van der Waals surface area contributed by atoms with Crippen LogP contribution in [0.2, 0.25) is 0 Å². The summed E-state index contributed by atoms with van der Waals surface area (Å²) < 4.78 is 0. The fourth-order valence-electron chi connectivity index (χ4n) is 6.15. The average molecular weight is 479 g/mol. The number of fused-ring (bicyclic) bond motifs is 3. The quantitative estimate of drug-likeness (QED) is 0.345. The zero-order valence-electron chi connectivity index (χ0n) is 18.8. The predicted octanol–water partition coefficient (Wildman–Crippen LogP) is 0.944. The first-order chi connectivity index (χ1) is 16.5. The minimum atomic E-state index is -2.79. The summed E-state index contributed by atoms with van der Waals surface area (Å²) in [5.41, 5.74) is 3.44. The number of ketones is 2. The van der Waals surface area contributed by atoms with Gasteiger partial charge in [0, 0.05) is 23.0 Å². The standard InChI is InChI=1S/C26H25NO8/c1-10-12-7-8-13(11-5-3-2-4-6-11)20(29)17(12)22(31)19-16(10)21(30)14-9-15(28)18(25(27)34)23(32)26(14,35)24(19)33/h2-8,10,14-16,18,21,28-30,33,35H,9H2,1H3,(H2,27,34)/t10-,14+,15?,16+,18?,21+,26+/m0/s1. The fraction of sp³-hybridized carbons (Fsp3) is 0.346. The molecule has 9 nitrogen and oxygen atoms in total. The number of aliphatic hydroxyl groups excluding tert-OH is 3. The lowest BCUT2D eigenvalue weighted by Gasteiger charge is -2.52. The topological polar surface area (TPSA) is 178 Å². The Morgan fingerprint density at radius 1 is 1.06 bits per heavy atom. The number of amides is 1. The summed E-state index contributed by atoms with van der Waals surface area (Å²) in [7, 11) is 0. The molecule has 7 atom stereocenters. The predicted molar refractivity (Wildman–Crippen MR) is 122 cm³/mol. The van der Waals surface area contributed by atoms with E-state index >= 15 is 0 Å². The fourth-order valence-corrected chi connectivity index (χ4v) is 6.15. The number of nitrogens with two attached hydrogens (primary N) is 1. The van der Waals surface area contributed by atoms with Crippen LogP contribution in [-0.2, 0) is 9.59 Å². The molecule has 2 aromatic rings. The lowest BCUT2D eigenvalue weighted by Crippen LogP contribution is -2.67. The van der Waals surface area contributed by atoms with Gasteiger partial charge in [-0.25, -0.2) is 0 Å². The molecular formula is C26H25NO8. The number of hydrogen-bond acceptors (Lipinski definition) is 8. The van der Waals surface area contributed by atoms with E-state index in [1.54, 1.807) is 49.4 Å². The molecule has 0 heterocycles. The normalized spacial score (nSPS) is 34.2. The maximum absolute atomic E-state index is 13.7. The van der Waals surface area contributed by atoms with Crippen LogP contribution < -0.4 is 5.73 Å². The average Bonchev–Trinajstić information content (AvgIpc) is 2.82. The molecule has 0 radical (unpaired) electrons. The Morgan fingerprint density at radius 2 is 1.71 bits per heavy atom. The molecular weight excluding hydrogens is 454 g/mol. The number of carbonyl (C=O) groups excluding carboxylic acids is 3. The molecule has 1 amide bonds. The van der Waals surface area contributed by atoms with E-state index in [4.69, 9.17) is 5.73 Å². The van der Waals surface area contributed by atoms with E-state index < -0.39 is 76.7 Å². The molecule has 3 aliphatic carbocycles. The summed E-state index contributed by atoms with van der Waals surface area (Å²) in [5, 5.41) is 55.3. The molecule has 0 bridgehead atoms. The summed E-state index contributed by atoms with van der Waals surface area (Å²) in [6, 6.07) is 12.2. The number of primary amides is 1. The van der Waals surface area contributed by atoms with Crippen molar-refractivity contribution < 1.29 is 39.9 Å². The number of aromatic hydroxyl groups is 1. The van der Waals surface area contributed by atoms with Gasteiger partial charge < -0.3 is 31.3 Å². The van der Waals surface area contributed by atoms with E-state index in [2.05, 4.69) is 0 Å². The first-order valence-corrected chi connectivity index (χ1v) is 11.3. The summed E-state index contributed by atoms with van der Waals surface area (Å²) >= 11 is 0. The van der Waals surface area contributed by atoms with Crippen molar-refractivity contribution in [2.75, 3.05) is 0 Å². The third-order valence-electron chi connectivity index (χ3n) is 7.91. The maximum Gasteiger partial charge on any atom is 0.230 e. The number of hydrogen-bond donors (Lipinski definition) is 6. The van der Waals surface area contributed by atoms with Crippen LogP contribution in [0.3, 0.4) is 0 Å². The molecule has 1 saturated carbocycles. The second-order valence-corrected chi connectivity index (χ2v) is 9.61. The number of benzene rings is 2. The largest absolute Gasteiger partial charge is 0.508 e. The highest BCUT2D eigenvalue weighted by Crippen LogP contribution is 2.55. The summed E-state index contributed by atoms with van der Waals surface area (Å²) in [5.74, 6) is -9.42. The molecule has 3 aliphatic rings. The van der Waals surface area contributed by atoms with Crippen LogP contribution >= 0.6 is 0 Å². The van der Waals surface area contributed by atoms with Gasteiger partial charge in [-0.3, -0.25) is 14.4 Å². The van der Waals surface area contributed by atoms with Crippen LogP contribution in [0, 0.1) is 17.8 Å². The third-order valence-corrected chi connectivity index (χ3v) is 7.91. The van der Waals surface area contributed by atoms with Gasteiger partial charge in [0.2, 0.25) is 5.91 Å². The Bertz CT molecular complexity index is 1300. The SMILES string of the molecule is C[C@H]1c2ccc(-c3ccccc3)c(O)c2C(=O)C2=C(O)[C@]3(O)C(=O)C(C(N)=O)C(O)C[C@@H]3[C@@H](O)[C@@H]21. The smallest absolute Gasteiger partial charge is 0.230 e. The van der Waals surface area contributed by atoms with Crippen molar-refractivity contribution in [2.24, 2.45) is 23.5 Å². The molecule has 0 saturated heterocycles. The van der Waals surface area contributed by atoms with Gasteiger partial charge in [-0.2, -0.15) is 0 Å². The van der Waals surface area contributed by atoms with E-state index in [1.165, 1.54) is 0 Å². The van der Waals surface area contributed by atoms with Crippen molar-refractivity contribution in [3.05, 3.63) is 64.9 Å². The van der Waals surface area contributed by atoms with Crippen molar-refractivity contribution >= 4 is 17.5 Å². The first kappa shape index (κ1) is 23.2. The number of Topliss-reactive ketones (excluding diaryl/α,β-unsaturated/α-hetero) is 2. The van der Waals surface area contributed by atoms with E-state index in [1.807, 2.05) is 0 Å². The monoisotopic (exact) mass is 479 g/mol. The number of carbonyl (C=O) groups is 3. The Balaban J connectivity index is 1.72. The summed E-state index contributed by atoms with van der Waals surface area (Å²) in [4.78, 5) is 38.7. The van der Waals surface area contributed by atoms with Crippen molar-refractivity contribution in [1.82, 2.24) is 0 Å². The van der Waals surface area contributed by atoms with Gasteiger partial charge in [-0.05, 0) is 23.5 Å². The zero-order valence-corrected chi connectivity index (χ0v) is 18.8. The molecule has 2 unspecified atom stereocenters. The van der Waals surface area contributed by atoms with Crippen LogP contribution in [0.1, 0.15) is 35.2 Å². The van der Waals surface area contributed by atoms with Crippen LogP contribution in [-0.4, -0.2) is 60.8 Å². The van der Waals surface area contributed by atoms with Gasteiger partial charge >= 0.3 is 0 Å². The summed E-state index contributed by atoms with van der Waals surface area (Å²) in [6.45, 7) is 1.70. The highest BCUT2D eigenvalue weighted by molar-refractivity contribution is 6.16. The molecule has 182 valence electrons. The summed E-state index contributed by atoms with van der Waals surface area (Å²) in [6.07, 6.45) is -3.47. The minimum absolute atomic E-state index is 0.0966. The molecule has 9 heteroatoms. The van der Waals surface area contributed by atoms with Gasteiger partial charge in [-0.1, -0.05) is 49.4 Å². The van der Waals surface area contributed by atoms with Gasteiger partial charge in [0.1, 0.15) is 17.4 Å². The van der Waals surface area contributed by atoms with E-state index in [0.29, 0.717) is 16.7 Å². The molecule has 2 aromatic carbocycles. The minimum Gasteiger partial charge on any atom is -0.508 e. The van der Waals surface area contributed by atoms with Crippen LogP contribution in [0.5, 0.6) is 5.75 Å². The van der Waals surface area contributed by atoms with Gasteiger partial charge in [0.25, 0.3) is 0 Å². The van der Waals surface area contributed by atoms with Gasteiger partial charge in [-0.15, -0.1) is 0 Å². The Morgan fingerprint density at radius 3 is 2.34 bits per heavy atom. The molecule has 7 N–H and O–H groups in total. The lowest BCUT2D eigenvalue weighted by molar-refractivity contribution is -0.179. The molecule has 0 spiro atoms. The molecule has 1 fully saturated rings. The van der Waals surface area contributed by atoms with E-state index in [-0.39, 0.29) is 11.3 Å². The molecule has 0 aromatic heterocycles. The van der Waals surface area contributed by atoms with Crippen LogP contribution in [0.4, 0.5) is 0 Å². The van der Waals surface area contributed by atoms with Crippen molar-refractivity contribution in [3.8, 4) is 16.9 Å². The molecule has 35 heavy (non-hydrogen) atoms. The second-order valence-electron chi connectivity index (χ2n) is 9.61.